The molecule has 70 valence electrons. The van der Waals surface area contributed by atoms with Crippen LogP contribution >= 0.6 is 0 Å². The molecular weight excluding hydrogens is 148 g/mol. The fraction of sp³-hybridized carbons (Fsp3) is 1.00. The van der Waals surface area contributed by atoms with Crippen molar-refractivity contribution in [3.63, 3.8) is 0 Å². The van der Waals surface area contributed by atoms with Gasteiger partial charge in [0, 0.05) is 31.2 Å². The summed E-state index contributed by atoms with van der Waals surface area (Å²) in [5.41, 5.74) is 0.530. The molecule has 1 N–H and O–H groups in total. The second kappa shape index (κ2) is 3.00. The highest BCUT2D eigenvalue weighted by Gasteiger charge is 2.40. The first-order valence-corrected chi connectivity index (χ1v) is 5.21. The highest BCUT2D eigenvalue weighted by Crippen LogP contribution is 2.34. The predicted octanol–water partition coefficient (Wildman–Crippen LogP) is 1.22. The van der Waals surface area contributed by atoms with Gasteiger partial charge in [0.1, 0.15) is 0 Å². The fourth-order valence-corrected chi connectivity index (χ4v) is 2.37. The van der Waals surface area contributed by atoms with Crippen LogP contribution in [0.5, 0.6) is 0 Å². The molecule has 2 heteroatoms. The summed E-state index contributed by atoms with van der Waals surface area (Å²) >= 11 is 0. The minimum atomic E-state index is 0.530. The Labute approximate surface area is 75.3 Å². The molecule has 0 radical (unpaired) electrons. The van der Waals surface area contributed by atoms with Gasteiger partial charge in [0.2, 0.25) is 0 Å². The Bertz CT molecular complexity index is 161. The molecule has 2 aliphatic rings. The molecule has 0 aromatic rings. The average molecular weight is 168 g/mol. The van der Waals surface area contributed by atoms with Crippen molar-refractivity contribution in [3.05, 3.63) is 0 Å². The number of nitrogens with one attached hydrogen (secondary N) is 1. The van der Waals surface area contributed by atoms with Crippen LogP contribution in [0.1, 0.15) is 33.1 Å². The molecule has 0 bridgehead atoms. The third kappa shape index (κ3) is 1.38. The third-order valence-electron chi connectivity index (χ3n) is 3.45. The molecule has 2 nitrogen and oxygen atoms in total. The smallest absolute Gasteiger partial charge is 0.0309 e. The molecule has 1 spiro atoms. The van der Waals surface area contributed by atoms with E-state index in [0.29, 0.717) is 5.54 Å². The highest BCUT2D eigenvalue weighted by atomic mass is 15.2. The Hall–Kier alpha value is -0.0800. The summed E-state index contributed by atoms with van der Waals surface area (Å²) in [6.45, 7) is 8.32. The van der Waals surface area contributed by atoms with Crippen LogP contribution in [0, 0.1) is 0 Å². The molecule has 0 atom stereocenters. The van der Waals surface area contributed by atoms with Gasteiger partial charge in [-0.1, -0.05) is 0 Å². The first-order chi connectivity index (χ1) is 5.72. The first kappa shape index (κ1) is 8.52. The van der Waals surface area contributed by atoms with Crippen molar-refractivity contribution in [3.8, 4) is 0 Å². The zero-order chi connectivity index (χ0) is 8.60. The van der Waals surface area contributed by atoms with Crippen LogP contribution in [-0.4, -0.2) is 36.1 Å². The van der Waals surface area contributed by atoms with Gasteiger partial charge in [0.25, 0.3) is 0 Å². The summed E-state index contributed by atoms with van der Waals surface area (Å²) in [5, 5.41) is 3.68. The monoisotopic (exact) mass is 168 g/mol. The van der Waals surface area contributed by atoms with E-state index < -0.39 is 0 Å². The number of hydrogen-bond acceptors (Lipinski definition) is 2. The van der Waals surface area contributed by atoms with Gasteiger partial charge in [-0.2, -0.15) is 0 Å². The molecule has 1 heterocycles. The lowest BCUT2D eigenvalue weighted by atomic mass is 9.75. The van der Waals surface area contributed by atoms with E-state index in [1.165, 1.54) is 38.9 Å². The molecule has 12 heavy (non-hydrogen) atoms. The normalized spacial score (nSPS) is 29.2. The Morgan fingerprint density at radius 2 is 2.08 bits per heavy atom. The number of nitrogens with zero attached hydrogens (tertiary/aromatic N) is 1. The van der Waals surface area contributed by atoms with E-state index in [4.69, 9.17) is 0 Å². The van der Waals surface area contributed by atoms with Crippen LogP contribution in [0.4, 0.5) is 0 Å². The van der Waals surface area contributed by atoms with E-state index in [1.54, 1.807) is 0 Å². The fourth-order valence-electron chi connectivity index (χ4n) is 2.37. The Balaban J connectivity index is 1.94. The van der Waals surface area contributed by atoms with E-state index in [0.717, 1.165) is 6.04 Å². The molecule has 0 aromatic carbocycles. The van der Waals surface area contributed by atoms with Gasteiger partial charge >= 0.3 is 0 Å². The summed E-state index contributed by atoms with van der Waals surface area (Å²) in [7, 11) is 0. The lowest BCUT2D eigenvalue weighted by Gasteiger charge is -2.50. The molecular formula is C10H20N2. The van der Waals surface area contributed by atoms with Gasteiger partial charge in [-0.15, -0.1) is 0 Å². The Morgan fingerprint density at radius 1 is 1.33 bits per heavy atom. The summed E-state index contributed by atoms with van der Waals surface area (Å²) in [5.74, 6) is 0. The second-order valence-corrected chi connectivity index (χ2v) is 4.62. The van der Waals surface area contributed by atoms with Crippen molar-refractivity contribution in [1.82, 2.24) is 10.2 Å². The molecule has 1 saturated heterocycles. The minimum absolute atomic E-state index is 0.530. The van der Waals surface area contributed by atoms with E-state index in [2.05, 4.69) is 24.1 Å². The van der Waals surface area contributed by atoms with Gasteiger partial charge in [0.05, 0.1) is 0 Å². The summed E-state index contributed by atoms with van der Waals surface area (Å²) in [6, 6.07) is 0.726. The molecule has 1 aliphatic carbocycles. The third-order valence-corrected chi connectivity index (χ3v) is 3.45. The zero-order valence-corrected chi connectivity index (χ0v) is 8.27. The molecule has 2 fully saturated rings. The average Bonchev–Trinajstić information content (AvgIpc) is 2.02. The Morgan fingerprint density at radius 3 is 2.58 bits per heavy atom. The molecule has 1 saturated carbocycles. The lowest BCUT2D eigenvalue weighted by Crippen LogP contribution is -2.64. The van der Waals surface area contributed by atoms with Crippen molar-refractivity contribution in [2.24, 2.45) is 0 Å². The van der Waals surface area contributed by atoms with Crippen molar-refractivity contribution in [1.29, 1.82) is 0 Å². The van der Waals surface area contributed by atoms with Gasteiger partial charge in [0.15, 0.2) is 0 Å². The molecule has 0 amide bonds. The zero-order valence-electron chi connectivity index (χ0n) is 8.27. The van der Waals surface area contributed by atoms with Crippen molar-refractivity contribution >= 4 is 0 Å². The van der Waals surface area contributed by atoms with E-state index in [9.17, 15) is 0 Å². The quantitative estimate of drug-likeness (QED) is 0.633. The molecule has 0 aromatic heterocycles. The molecule has 1 aliphatic heterocycles. The van der Waals surface area contributed by atoms with E-state index in [1.807, 2.05) is 0 Å². The summed E-state index contributed by atoms with van der Waals surface area (Å²) < 4.78 is 0. The Kier molecular flexibility index (Phi) is 2.13. The van der Waals surface area contributed by atoms with Gasteiger partial charge in [-0.25, -0.2) is 0 Å². The van der Waals surface area contributed by atoms with Gasteiger partial charge in [-0.05, 0) is 33.1 Å². The van der Waals surface area contributed by atoms with Crippen molar-refractivity contribution < 1.29 is 0 Å². The largest absolute Gasteiger partial charge is 0.309 e. The van der Waals surface area contributed by atoms with Crippen LogP contribution in [0.15, 0.2) is 0 Å². The van der Waals surface area contributed by atoms with Crippen LogP contribution in [0.2, 0.25) is 0 Å². The maximum absolute atomic E-state index is 3.68. The van der Waals surface area contributed by atoms with Gasteiger partial charge < -0.3 is 5.32 Å². The SMILES string of the molecule is CC(C)N1CCNC2(CCC2)C1. The molecule has 0 unspecified atom stereocenters. The summed E-state index contributed by atoms with van der Waals surface area (Å²) in [6.07, 6.45) is 4.23. The van der Waals surface area contributed by atoms with Crippen LogP contribution in [0.25, 0.3) is 0 Å². The number of hydrogen-bond donors (Lipinski definition) is 1. The predicted molar refractivity (Wildman–Crippen MR) is 51.3 cm³/mol. The van der Waals surface area contributed by atoms with Gasteiger partial charge in [-0.3, -0.25) is 4.90 Å². The van der Waals surface area contributed by atoms with E-state index in [-0.39, 0.29) is 0 Å². The standard InChI is InChI=1S/C10H20N2/c1-9(2)12-7-6-11-10(8-12)4-3-5-10/h9,11H,3-8H2,1-2H3. The maximum atomic E-state index is 3.68. The lowest BCUT2D eigenvalue weighted by molar-refractivity contribution is 0.0535. The highest BCUT2D eigenvalue weighted by molar-refractivity contribution is 5.01. The summed E-state index contributed by atoms with van der Waals surface area (Å²) in [4.78, 5) is 2.61. The maximum Gasteiger partial charge on any atom is 0.0309 e. The van der Waals surface area contributed by atoms with Crippen molar-refractivity contribution in [2.75, 3.05) is 19.6 Å². The number of rotatable bonds is 1. The van der Waals surface area contributed by atoms with Crippen LogP contribution in [0.3, 0.4) is 0 Å². The molecule has 2 rings (SSSR count). The van der Waals surface area contributed by atoms with Crippen LogP contribution < -0.4 is 5.32 Å². The number of piperazine rings is 1. The first-order valence-electron chi connectivity index (χ1n) is 5.21. The van der Waals surface area contributed by atoms with Crippen molar-refractivity contribution in [2.45, 2.75) is 44.7 Å². The minimum Gasteiger partial charge on any atom is -0.309 e. The van der Waals surface area contributed by atoms with Crippen LogP contribution in [-0.2, 0) is 0 Å². The van der Waals surface area contributed by atoms with E-state index >= 15 is 0 Å². The second-order valence-electron chi connectivity index (χ2n) is 4.62. The topological polar surface area (TPSA) is 15.3 Å².